The molecule has 10 nitrogen and oxygen atoms in total. The number of nitrogens with zero attached hydrogens (tertiary/aromatic N) is 2. The second-order valence-electron chi connectivity index (χ2n) is 3.78. The Morgan fingerprint density at radius 1 is 1.23 bits per heavy atom. The molecule has 2 amide bonds. The molecule has 0 spiro atoms. The van der Waals surface area contributed by atoms with E-state index >= 15 is 0 Å². The molecule has 0 fully saturated rings. The minimum Gasteiger partial charge on any atom is -0.744 e. The fourth-order valence-electron chi connectivity index (χ4n) is 1.70. The molecule has 0 heterocycles. The van der Waals surface area contributed by atoms with Gasteiger partial charge >= 0.3 is 6.03 Å². The molecule has 0 bridgehead atoms. The summed E-state index contributed by atoms with van der Waals surface area (Å²) in [5, 5.41) is 16.4. The van der Waals surface area contributed by atoms with Crippen molar-refractivity contribution in [1.82, 2.24) is 6.15 Å². The summed E-state index contributed by atoms with van der Waals surface area (Å²) in [6.45, 7) is 0. The third-order valence-electron chi connectivity index (χ3n) is 2.48. The van der Waals surface area contributed by atoms with E-state index in [1.807, 2.05) is 0 Å². The molecule has 2 aromatic rings. The number of urea groups is 1. The number of quaternary nitrogens is 1. The van der Waals surface area contributed by atoms with Gasteiger partial charge in [-0.05, 0) is 6.07 Å². The van der Waals surface area contributed by atoms with Crippen molar-refractivity contribution in [2.45, 2.75) is 4.90 Å². The molecule has 0 aromatic heterocycles. The van der Waals surface area contributed by atoms with E-state index in [9.17, 15) is 22.9 Å². The summed E-state index contributed by atoms with van der Waals surface area (Å²) in [7, 11) is -4.79. The number of carbonyl (C=O) groups excluding carboxylic acids is 1. The number of azo groups is 1. The Balaban J connectivity index is 0.00000220. The summed E-state index contributed by atoms with van der Waals surface area (Å²) < 4.78 is 33.7. The van der Waals surface area contributed by atoms with Crippen molar-refractivity contribution in [2.24, 2.45) is 16.0 Å². The Kier molecular flexibility index (Phi) is 6.09. The van der Waals surface area contributed by atoms with Crippen molar-refractivity contribution in [3.8, 4) is 5.75 Å². The van der Waals surface area contributed by atoms with Crippen LogP contribution in [-0.2, 0) is 10.1 Å². The fourth-order valence-corrected chi connectivity index (χ4v) is 2.40. The van der Waals surface area contributed by atoms with E-state index in [-0.39, 0.29) is 28.1 Å². The van der Waals surface area contributed by atoms with Crippen LogP contribution in [0.25, 0.3) is 10.8 Å². The van der Waals surface area contributed by atoms with E-state index in [0.29, 0.717) is 0 Å². The summed E-state index contributed by atoms with van der Waals surface area (Å²) >= 11 is 0. The van der Waals surface area contributed by atoms with E-state index in [4.69, 9.17) is 5.73 Å². The van der Waals surface area contributed by atoms with Gasteiger partial charge in [0.1, 0.15) is 15.8 Å². The largest absolute Gasteiger partial charge is 0.744 e. The molecule has 0 radical (unpaired) electrons. The normalized spacial score (nSPS) is 11.0. The molecule has 0 atom stereocenters. The number of nitrogens with two attached hydrogens (primary N) is 1. The van der Waals surface area contributed by atoms with E-state index in [0.717, 1.165) is 6.07 Å². The molecule has 0 aliphatic rings. The number of amides is 2. The molecule has 0 saturated heterocycles. The quantitative estimate of drug-likeness (QED) is 0.544. The van der Waals surface area contributed by atoms with Gasteiger partial charge in [-0.15, -0.1) is 5.11 Å². The van der Waals surface area contributed by atoms with Gasteiger partial charge in [0.25, 0.3) is 0 Å². The zero-order valence-corrected chi connectivity index (χ0v) is 12.2. The van der Waals surface area contributed by atoms with Crippen LogP contribution >= 0.6 is 0 Å². The van der Waals surface area contributed by atoms with Crippen LogP contribution in [0.4, 0.5) is 10.5 Å². The topological polar surface area (TPSA) is 213 Å². The molecule has 11 heteroatoms. The highest BCUT2D eigenvalue weighted by Gasteiger charge is 2.15. The van der Waals surface area contributed by atoms with E-state index in [1.165, 1.54) is 24.3 Å². The first kappa shape index (κ1) is 19.4. The molecule has 2 rings (SSSR count). The average molecular weight is 330 g/mol. The second kappa shape index (κ2) is 6.91. The number of phenolic OH excluding ortho intramolecular Hbond substituents is 1. The number of hydrogen-bond donors (Lipinski definition) is 3. The van der Waals surface area contributed by atoms with Crippen molar-refractivity contribution < 1.29 is 28.3 Å². The first-order chi connectivity index (χ1) is 9.30. The van der Waals surface area contributed by atoms with Crippen molar-refractivity contribution in [3.05, 3.63) is 30.3 Å². The Morgan fingerprint density at radius 2 is 1.77 bits per heavy atom. The van der Waals surface area contributed by atoms with Gasteiger partial charge in [0, 0.05) is 10.8 Å². The van der Waals surface area contributed by atoms with Gasteiger partial charge < -0.3 is 27.0 Å². The molecule has 0 saturated carbocycles. The summed E-state index contributed by atoms with van der Waals surface area (Å²) in [4.78, 5) is 9.96. The third-order valence-corrected chi connectivity index (χ3v) is 3.36. The predicted octanol–water partition coefficient (Wildman–Crippen LogP) is 1.16. The molecule has 22 heavy (non-hydrogen) atoms. The van der Waals surface area contributed by atoms with Crippen molar-refractivity contribution >= 4 is 32.6 Å². The molecular weight excluding hydrogens is 316 g/mol. The average Bonchev–Trinajstić information content (AvgIpc) is 2.36. The van der Waals surface area contributed by atoms with Gasteiger partial charge in [0.05, 0.1) is 4.90 Å². The smallest absolute Gasteiger partial charge is 0.356 e. The fraction of sp³-hybridized carbons (Fsp3) is 0. The van der Waals surface area contributed by atoms with Crippen LogP contribution in [-0.4, -0.2) is 29.6 Å². The number of primary amides is 1. The zero-order valence-electron chi connectivity index (χ0n) is 11.3. The molecule has 9 N–H and O–H groups in total. The monoisotopic (exact) mass is 330 g/mol. The number of hydrogen-bond acceptors (Lipinski definition) is 6. The number of benzene rings is 2. The van der Waals surface area contributed by atoms with Gasteiger partial charge in [-0.1, -0.05) is 29.4 Å². The maximum absolute atomic E-state index is 11.2. The molecule has 0 unspecified atom stereocenters. The lowest BCUT2D eigenvalue weighted by Crippen LogP contribution is -2.02. The summed E-state index contributed by atoms with van der Waals surface area (Å²) in [6, 6.07) is 5.55. The zero-order chi connectivity index (χ0) is 14.9. The highest BCUT2D eigenvalue weighted by molar-refractivity contribution is 7.86. The van der Waals surface area contributed by atoms with E-state index in [2.05, 4.69) is 10.2 Å². The number of rotatable bonds is 2. The highest BCUT2D eigenvalue weighted by Crippen LogP contribution is 2.38. The van der Waals surface area contributed by atoms with Crippen molar-refractivity contribution in [2.75, 3.05) is 0 Å². The Labute approximate surface area is 124 Å². The molecule has 120 valence electrons. The highest BCUT2D eigenvalue weighted by atomic mass is 32.2. The van der Waals surface area contributed by atoms with Crippen LogP contribution in [0, 0.1) is 0 Å². The first-order valence-electron chi connectivity index (χ1n) is 5.22. The number of aromatic hydroxyl groups is 1. The number of phenols is 1. The maximum atomic E-state index is 11.2. The van der Waals surface area contributed by atoms with Crippen LogP contribution in [0.1, 0.15) is 0 Å². The van der Waals surface area contributed by atoms with Gasteiger partial charge in [0.2, 0.25) is 0 Å². The minimum absolute atomic E-state index is 0. The van der Waals surface area contributed by atoms with Crippen LogP contribution in [0.2, 0.25) is 0 Å². The van der Waals surface area contributed by atoms with Crippen LogP contribution < -0.4 is 11.9 Å². The Bertz CT molecular complexity index is 834. The summed E-state index contributed by atoms with van der Waals surface area (Å²) in [5.41, 5.74) is 4.43. The van der Waals surface area contributed by atoms with Gasteiger partial charge in [0.15, 0.2) is 5.75 Å². The number of carbonyl (C=O) groups is 1. The van der Waals surface area contributed by atoms with Gasteiger partial charge in [-0.2, -0.15) is 0 Å². The van der Waals surface area contributed by atoms with Crippen molar-refractivity contribution in [1.29, 1.82) is 0 Å². The molecule has 2 aromatic carbocycles. The van der Waals surface area contributed by atoms with Crippen molar-refractivity contribution in [3.63, 3.8) is 0 Å². The molecular formula is C11H14N4O6S. The maximum Gasteiger partial charge on any atom is 0.356 e. The SMILES string of the molecule is NC(=O)N=Nc1cc(S(=O)(=O)[O-])c2ccccc2c1O.O.[NH4+]. The Morgan fingerprint density at radius 3 is 2.27 bits per heavy atom. The lowest BCUT2D eigenvalue weighted by Gasteiger charge is -2.12. The van der Waals surface area contributed by atoms with Gasteiger partial charge in [-0.3, -0.25) is 0 Å². The van der Waals surface area contributed by atoms with Crippen LogP contribution in [0.5, 0.6) is 5.75 Å². The molecule has 0 aliphatic carbocycles. The standard InChI is InChI=1S/C11H9N3O5S.H3N.H2O/c12-11(16)14-13-8-5-9(20(17,18)19)6-3-1-2-4-7(6)10(8)15;;/h1-5,15H,(H2,12,16)(H,17,18,19);1H3;1H2. The lowest BCUT2D eigenvalue weighted by atomic mass is 10.1. The Hall–Kier alpha value is -2.60. The predicted molar refractivity (Wildman–Crippen MR) is 77.3 cm³/mol. The summed E-state index contributed by atoms with van der Waals surface area (Å²) in [6.07, 6.45) is 0. The van der Waals surface area contributed by atoms with Gasteiger partial charge in [-0.25, -0.2) is 13.2 Å². The first-order valence-corrected chi connectivity index (χ1v) is 6.63. The lowest BCUT2D eigenvalue weighted by molar-refractivity contribution is 0.255. The number of fused-ring (bicyclic) bond motifs is 1. The molecule has 0 aliphatic heterocycles. The summed E-state index contributed by atoms with van der Waals surface area (Å²) in [5.74, 6) is -0.405. The van der Waals surface area contributed by atoms with Crippen LogP contribution in [0.3, 0.4) is 0 Å². The second-order valence-corrected chi connectivity index (χ2v) is 5.13. The van der Waals surface area contributed by atoms with E-state index in [1.54, 1.807) is 0 Å². The third kappa shape index (κ3) is 3.73. The van der Waals surface area contributed by atoms with Crippen LogP contribution in [0.15, 0.2) is 45.5 Å². The minimum atomic E-state index is -4.79. The van der Waals surface area contributed by atoms with E-state index < -0.39 is 26.8 Å².